The third kappa shape index (κ3) is 7.35. The van der Waals surface area contributed by atoms with E-state index >= 15 is 0 Å². The third-order valence-electron chi connectivity index (χ3n) is 0.644. The Morgan fingerprint density at radius 3 is 1.67 bits per heavy atom. The highest BCUT2D eigenvalue weighted by atomic mass is 79.9. The van der Waals surface area contributed by atoms with Gasteiger partial charge in [-0.05, 0) is 0 Å². The molecule has 0 aliphatic rings. The normalized spacial score (nSPS) is 17.2. The van der Waals surface area contributed by atoms with Crippen LogP contribution in [-0.2, 0) is 13.6 Å². The van der Waals surface area contributed by atoms with Crippen LogP contribution in [0.15, 0.2) is 0 Å². The van der Waals surface area contributed by atoms with Crippen LogP contribution in [0.5, 0.6) is 0 Å². The molecule has 2 unspecified atom stereocenters. The first-order valence-electron chi connectivity index (χ1n) is 2.81. The molecule has 0 saturated carbocycles. The molecular weight excluding hydrogens is 447 g/mol. The van der Waals surface area contributed by atoms with Crippen LogP contribution in [0.1, 0.15) is 0 Å². The first-order chi connectivity index (χ1) is 5.60. The largest absolute Gasteiger partial charge is 0.699 e. The van der Waals surface area contributed by atoms with Crippen molar-refractivity contribution < 1.29 is 13.6 Å². The summed E-state index contributed by atoms with van der Waals surface area (Å²) in [5.74, 6) is 0. The molecule has 0 spiro atoms. The van der Waals surface area contributed by atoms with Gasteiger partial charge < -0.3 is 0 Å². The van der Waals surface area contributed by atoms with Crippen molar-refractivity contribution in [2.24, 2.45) is 0 Å². The zero-order chi connectivity index (χ0) is 9.56. The molecule has 0 fully saturated rings. The molecule has 2 atom stereocenters. The highest BCUT2D eigenvalue weighted by molar-refractivity contribution is 9.12. The Morgan fingerprint density at radius 2 is 1.42 bits per heavy atom. The molecule has 72 valence electrons. The van der Waals surface area contributed by atoms with E-state index in [0.29, 0.717) is 10.7 Å². The van der Waals surface area contributed by atoms with E-state index in [9.17, 15) is 4.57 Å². The minimum Gasteiger partial charge on any atom is -0.103 e. The summed E-state index contributed by atoms with van der Waals surface area (Å²) in [5, 5.41) is 0.518. The van der Waals surface area contributed by atoms with Crippen molar-refractivity contribution in [3.05, 3.63) is 0 Å². The van der Waals surface area contributed by atoms with Gasteiger partial charge >= 0.3 is 8.25 Å². The lowest BCUT2D eigenvalue weighted by molar-refractivity contribution is 0.225. The molecular formula is C4H6Br4O3P+. The molecule has 0 aromatic rings. The van der Waals surface area contributed by atoms with Gasteiger partial charge in [0, 0.05) is 15.2 Å². The molecule has 0 aliphatic heterocycles. The number of halogens is 4. The van der Waals surface area contributed by atoms with E-state index in [-0.39, 0.29) is 10.0 Å². The lowest BCUT2D eigenvalue weighted by Crippen LogP contribution is -2.04. The fourth-order valence-corrected chi connectivity index (χ4v) is 2.33. The van der Waals surface area contributed by atoms with Crippen molar-refractivity contribution in [1.82, 2.24) is 0 Å². The Balaban J connectivity index is 3.59. The molecule has 0 N–H and O–H groups in total. The Morgan fingerprint density at radius 1 is 1.08 bits per heavy atom. The van der Waals surface area contributed by atoms with E-state index in [1.807, 2.05) is 0 Å². The topological polar surface area (TPSA) is 35.5 Å². The predicted octanol–water partition coefficient (Wildman–Crippen LogP) is 3.91. The van der Waals surface area contributed by atoms with Crippen molar-refractivity contribution in [3.8, 4) is 0 Å². The first-order valence-corrected chi connectivity index (χ1v) is 7.98. The standard InChI is InChI=1S/C4H6Br4O3P/c5-1-3(7)10-12(9)11-4(8)2-6/h3-4H,1-2H2/q+1. The second kappa shape index (κ2) is 8.26. The average molecular weight is 453 g/mol. The highest BCUT2D eigenvalue weighted by Gasteiger charge is 2.28. The van der Waals surface area contributed by atoms with Gasteiger partial charge in [0.15, 0.2) is 10.0 Å². The van der Waals surface area contributed by atoms with Crippen molar-refractivity contribution in [2.75, 3.05) is 10.7 Å². The van der Waals surface area contributed by atoms with Gasteiger partial charge in [0.2, 0.25) is 0 Å². The zero-order valence-electron chi connectivity index (χ0n) is 5.75. The van der Waals surface area contributed by atoms with Crippen molar-refractivity contribution in [2.45, 2.75) is 10.0 Å². The molecule has 0 radical (unpaired) electrons. The molecule has 0 bridgehead atoms. The number of hydrogen-bond donors (Lipinski definition) is 0. The average Bonchev–Trinajstić information content (AvgIpc) is 2.03. The minimum absolute atomic E-state index is 0.295. The lowest BCUT2D eigenvalue weighted by Gasteiger charge is -1.97. The van der Waals surface area contributed by atoms with Gasteiger partial charge in [-0.2, -0.15) is 0 Å². The highest BCUT2D eigenvalue weighted by Crippen LogP contribution is 2.32. The Bertz CT molecular complexity index is 132. The molecule has 8 heteroatoms. The molecule has 0 aliphatic carbocycles. The van der Waals surface area contributed by atoms with E-state index in [1.54, 1.807) is 0 Å². The second-order valence-corrected chi connectivity index (χ2v) is 5.77. The fourth-order valence-electron chi connectivity index (χ4n) is 0.268. The monoisotopic (exact) mass is 449 g/mol. The summed E-state index contributed by atoms with van der Waals surface area (Å²) in [6.07, 6.45) is 0. The van der Waals surface area contributed by atoms with Crippen molar-refractivity contribution in [3.63, 3.8) is 0 Å². The number of alkyl halides is 4. The van der Waals surface area contributed by atoms with Gasteiger partial charge in [-0.3, -0.25) is 0 Å². The summed E-state index contributed by atoms with van der Waals surface area (Å²) in [6, 6.07) is 0. The summed E-state index contributed by atoms with van der Waals surface area (Å²) in [5.41, 5.74) is 0. The SMILES string of the molecule is O=[P+](OC(Br)CBr)OC(Br)CBr. The summed E-state index contributed by atoms with van der Waals surface area (Å²) in [4.78, 5) is 0. The van der Waals surface area contributed by atoms with Crippen LogP contribution in [0.2, 0.25) is 0 Å². The molecule has 0 heterocycles. The maximum atomic E-state index is 11.0. The second-order valence-electron chi connectivity index (χ2n) is 1.56. The Kier molecular flexibility index (Phi) is 9.60. The number of rotatable bonds is 6. The van der Waals surface area contributed by atoms with Crippen LogP contribution in [0.4, 0.5) is 0 Å². The maximum Gasteiger partial charge on any atom is 0.699 e. The summed E-state index contributed by atoms with van der Waals surface area (Å²) in [6.45, 7) is 0. The third-order valence-corrected chi connectivity index (χ3v) is 6.01. The van der Waals surface area contributed by atoms with Crippen LogP contribution in [0, 0.1) is 0 Å². The fraction of sp³-hybridized carbons (Fsp3) is 1.00. The van der Waals surface area contributed by atoms with Gasteiger partial charge in [-0.1, -0.05) is 63.7 Å². The smallest absolute Gasteiger partial charge is 0.103 e. The van der Waals surface area contributed by atoms with Gasteiger partial charge in [0.1, 0.15) is 0 Å². The quantitative estimate of drug-likeness (QED) is 0.453. The van der Waals surface area contributed by atoms with Crippen molar-refractivity contribution in [1.29, 1.82) is 0 Å². The van der Waals surface area contributed by atoms with Crippen LogP contribution >= 0.6 is 72.0 Å². The predicted molar refractivity (Wildman–Crippen MR) is 62.8 cm³/mol. The summed E-state index contributed by atoms with van der Waals surface area (Å²) in [7, 11) is -2.07. The maximum absolute atomic E-state index is 11.0. The van der Waals surface area contributed by atoms with E-state index in [0.717, 1.165) is 0 Å². The van der Waals surface area contributed by atoms with E-state index < -0.39 is 8.25 Å². The van der Waals surface area contributed by atoms with Crippen LogP contribution in [0.25, 0.3) is 0 Å². The minimum atomic E-state index is -2.07. The Hall–Kier alpha value is 1.94. The molecule has 0 rings (SSSR count). The summed E-state index contributed by atoms with van der Waals surface area (Å²) < 4.78 is 20.7. The van der Waals surface area contributed by atoms with Gasteiger partial charge in [-0.15, -0.1) is 9.05 Å². The number of hydrogen-bond acceptors (Lipinski definition) is 3. The van der Waals surface area contributed by atoms with Gasteiger partial charge in [0.05, 0.1) is 0 Å². The molecule has 0 aromatic heterocycles. The van der Waals surface area contributed by atoms with E-state index in [4.69, 9.17) is 9.05 Å². The van der Waals surface area contributed by atoms with Gasteiger partial charge in [-0.25, -0.2) is 0 Å². The molecule has 0 aromatic carbocycles. The summed E-state index contributed by atoms with van der Waals surface area (Å²) >= 11 is 12.6. The van der Waals surface area contributed by atoms with Crippen LogP contribution in [-0.4, -0.2) is 20.7 Å². The zero-order valence-corrected chi connectivity index (χ0v) is 13.0. The van der Waals surface area contributed by atoms with Gasteiger partial charge in [0.25, 0.3) is 0 Å². The van der Waals surface area contributed by atoms with E-state index in [2.05, 4.69) is 63.7 Å². The molecule has 3 nitrogen and oxygen atoms in total. The lowest BCUT2D eigenvalue weighted by atomic mass is 10.9. The van der Waals surface area contributed by atoms with Crippen molar-refractivity contribution >= 4 is 72.0 Å². The van der Waals surface area contributed by atoms with Crippen LogP contribution in [0.3, 0.4) is 0 Å². The molecule has 12 heavy (non-hydrogen) atoms. The Labute approximate surface area is 105 Å². The molecule has 0 amide bonds. The first kappa shape index (κ1) is 13.9. The van der Waals surface area contributed by atoms with Crippen LogP contribution < -0.4 is 0 Å². The molecule has 0 saturated heterocycles. The van der Waals surface area contributed by atoms with E-state index in [1.165, 1.54) is 0 Å².